The third-order valence-corrected chi connectivity index (χ3v) is 5.45. The lowest BCUT2D eigenvalue weighted by atomic mass is 10.1. The molecule has 3 atom stereocenters. The first-order chi connectivity index (χ1) is 14.4. The van der Waals surface area contributed by atoms with Crippen LogP contribution >= 0.6 is 0 Å². The second-order valence-corrected chi connectivity index (χ2v) is 7.55. The molecule has 9 nitrogen and oxygen atoms in total. The summed E-state index contributed by atoms with van der Waals surface area (Å²) in [6, 6.07) is 4.46. The van der Waals surface area contributed by atoms with Crippen molar-refractivity contribution < 1.29 is 28.6 Å². The van der Waals surface area contributed by atoms with E-state index in [0.717, 1.165) is 19.4 Å². The molecule has 164 valence electrons. The van der Waals surface area contributed by atoms with Crippen LogP contribution in [-0.2, 0) is 19.1 Å². The van der Waals surface area contributed by atoms with Crippen LogP contribution in [0.4, 0.5) is 5.69 Å². The Labute approximate surface area is 176 Å². The van der Waals surface area contributed by atoms with Crippen molar-refractivity contribution >= 4 is 23.4 Å². The standard InChI is InChI=1S/C21H29N3O6/c1-13(20(26)22-11-16-5-4-8-30-16)23-21(27)14-9-19(25)24(12-14)17-10-15(28-2)6-7-18(17)29-3/h6-7,10,13-14,16H,4-5,8-9,11-12H2,1-3H3,(H,22,26)(H,23,27). The summed E-state index contributed by atoms with van der Waals surface area (Å²) in [5.41, 5.74) is 0.555. The fourth-order valence-corrected chi connectivity index (χ4v) is 3.69. The van der Waals surface area contributed by atoms with Crippen LogP contribution in [0, 0.1) is 5.92 Å². The predicted molar refractivity (Wildman–Crippen MR) is 110 cm³/mol. The van der Waals surface area contributed by atoms with E-state index in [1.165, 1.54) is 12.0 Å². The van der Waals surface area contributed by atoms with Crippen molar-refractivity contribution in [3.8, 4) is 11.5 Å². The summed E-state index contributed by atoms with van der Waals surface area (Å²) in [7, 11) is 3.06. The van der Waals surface area contributed by atoms with Gasteiger partial charge in [-0.1, -0.05) is 0 Å². The third-order valence-electron chi connectivity index (χ3n) is 5.45. The van der Waals surface area contributed by atoms with Crippen LogP contribution in [0.3, 0.4) is 0 Å². The normalized spacial score (nSPS) is 22.0. The fourth-order valence-electron chi connectivity index (χ4n) is 3.69. The van der Waals surface area contributed by atoms with Gasteiger partial charge < -0.3 is 29.7 Å². The molecule has 2 saturated heterocycles. The number of rotatable bonds is 8. The van der Waals surface area contributed by atoms with Crippen molar-refractivity contribution in [3.05, 3.63) is 18.2 Å². The number of carbonyl (C=O) groups is 3. The van der Waals surface area contributed by atoms with Crippen LogP contribution in [-0.4, -0.2) is 63.8 Å². The summed E-state index contributed by atoms with van der Waals surface area (Å²) in [6.07, 6.45) is 2.03. The van der Waals surface area contributed by atoms with Gasteiger partial charge in [-0.25, -0.2) is 0 Å². The predicted octanol–water partition coefficient (Wildman–Crippen LogP) is 0.857. The lowest BCUT2D eigenvalue weighted by Crippen LogP contribution is -2.48. The van der Waals surface area contributed by atoms with Gasteiger partial charge in [-0.3, -0.25) is 14.4 Å². The van der Waals surface area contributed by atoms with Gasteiger partial charge in [0.05, 0.1) is 31.9 Å². The van der Waals surface area contributed by atoms with Gasteiger partial charge in [-0.05, 0) is 31.9 Å². The zero-order valence-corrected chi connectivity index (χ0v) is 17.6. The molecule has 0 saturated carbocycles. The Morgan fingerprint density at radius 2 is 2.10 bits per heavy atom. The average Bonchev–Trinajstić information content (AvgIpc) is 3.41. The molecule has 2 aliphatic rings. The highest BCUT2D eigenvalue weighted by atomic mass is 16.5. The molecule has 2 fully saturated rings. The summed E-state index contributed by atoms with van der Waals surface area (Å²) in [5, 5.41) is 5.52. The van der Waals surface area contributed by atoms with Crippen LogP contribution < -0.4 is 25.0 Å². The maximum absolute atomic E-state index is 12.7. The van der Waals surface area contributed by atoms with Crippen molar-refractivity contribution in [1.82, 2.24) is 10.6 Å². The van der Waals surface area contributed by atoms with E-state index in [1.54, 1.807) is 32.2 Å². The van der Waals surface area contributed by atoms with Crippen molar-refractivity contribution in [2.24, 2.45) is 5.92 Å². The largest absolute Gasteiger partial charge is 0.497 e. The Morgan fingerprint density at radius 3 is 2.77 bits per heavy atom. The number of nitrogens with zero attached hydrogens (tertiary/aromatic N) is 1. The molecule has 3 unspecified atom stereocenters. The molecule has 30 heavy (non-hydrogen) atoms. The number of hydrogen-bond donors (Lipinski definition) is 2. The quantitative estimate of drug-likeness (QED) is 0.647. The maximum Gasteiger partial charge on any atom is 0.242 e. The molecule has 0 aliphatic carbocycles. The van der Waals surface area contributed by atoms with Gasteiger partial charge in [0.25, 0.3) is 0 Å². The van der Waals surface area contributed by atoms with Gasteiger partial charge in [0, 0.05) is 32.2 Å². The first-order valence-electron chi connectivity index (χ1n) is 10.1. The van der Waals surface area contributed by atoms with Crippen molar-refractivity contribution in [2.45, 2.75) is 38.3 Å². The zero-order valence-electron chi connectivity index (χ0n) is 17.6. The highest BCUT2D eigenvalue weighted by Gasteiger charge is 2.37. The van der Waals surface area contributed by atoms with E-state index in [2.05, 4.69) is 10.6 Å². The van der Waals surface area contributed by atoms with E-state index in [4.69, 9.17) is 14.2 Å². The molecular weight excluding hydrogens is 390 g/mol. The second kappa shape index (κ2) is 9.80. The third kappa shape index (κ3) is 5.02. The topological polar surface area (TPSA) is 106 Å². The SMILES string of the molecule is COc1ccc(OC)c(N2CC(C(=O)NC(C)C(=O)NCC3CCCO3)CC2=O)c1. The average molecular weight is 419 g/mol. The van der Waals surface area contributed by atoms with Crippen LogP contribution in [0.5, 0.6) is 11.5 Å². The van der Waals surface area contributed by atoms with Gasteiger partial charge in [0.2, 0.25) is 17.7 Å². The summed E-state index contributed by atoms with van der Waals surface area (Å²) in [4.78, 5) is 39.0. The zero-order chi connectivity index (χ0) is 21.7. The number of anilines is 1. The molecule has 1 aromatic rings. The second-order valence-electron chi connectivity index (χ2n) is 7.55. The molecule has 3 rings (SSSR count). The molecule has 3 amide bonds. The van der Waals surface area contributed by atoms with E-state index in [1.807, 2.05) is 0 Å². The minimum absolute atomic E-state index is 0.0377. The van der Waals surface area contributed by atoms with Crippen LogP contribution in [0.2, 0.25) is 0 Å². The molecule has 2 heterocycles. The lowest BCUT2D eigenvalue weighted by molar-refractivity contribution is -0.131. The summed E-state index contributed by atoms with van der Waals surface area (Å²) < 4.78 is 16.1. The van der Waals surface area contributed by atoms with Crippen LogP contribution in [0.15, 0.2) is 18.2 Å². The van der Waals surface area contributed by atoms with Gasteiger partial charge >= 0.3 is 0 Å². The molecule has 2 aliphatic heterocycles. The number of methoxy groups -OCH3 is 2. The van der Waals surface area contributed by atoms with Crippen molar-refractivity contribution in [3.63, 3.8) is 0 Å². The molecule has 0 aromatic heterocycles. The molecule has 1 aromatic carbocycles. The Kier molecular flexibility index (Phi) is 7.15. The van der Waals surface area contributed by atoms with E-state index in [-0.39, 0.29) is 36.8 Å². The smallest absolute Gasteiger partial charge is 0.242 e. The van der Waals surface area contributed by atoms with E-state index >= 15 is 0 Å². The highest BCUT2D eigenvalue weighted by molar-refractivity contribution is 6.02. The Hall–Kier alpha value is -2.81. The Morgan fingerprint density at radius 1 is 1.30 bits per heavy atom. The Balaban J connectivity index is 1.57. The number of ether oxygens (including phenoxy) is 3. The molecule has 9 heteroatoms. The highest BCUT2D eigenvalue weighted by Crippen LogP contribution is 2.36. The van der Waals surface area contributed by atoms with Crippen molar-refractivity contribution in [2.75, 3.05) is 38.8 Å². The van der Waals surface area contributed by atoms with Gasteiger partial charge in [0.15, 0.2) is 0 Å². The first-order valence-corrected chi connectivity index (χ1v) is 10.1. The summed E-state index contributed by atoms with van der Waals surface area (Å²) in [5.74, 6) is -0.226. The minimum Gasteiger partial charge on any atom is -0.497 e. The minimum atomic E-state index is -0.700. The van der Waals surface area contributed by atoms with Gasteiger partial charge in [0.1, 0.15) is 17.5 Å². The van der Waals surface area contributed by atoms with E-state index < -0.39 is 12.0 Å². The van der Waals surface area contributed by atoms with Gasteiger partial charge in [-0.2, -0.15) is 0 Å². The molecule has 0 bridgehead atoms. The lowest BCUT2D eigenvalue weighted by Gasteiger charge is -2.21. The maximum atomic E-state index is 12.7. The number of benzene rings is 1. The van der Waals surface area contributed by atoms with Crippen LogP contribution in [0.1, 0.15) is 26.2 Å². The first kappa shape index (κ1) is 21.9. The molecule has 2 N–H and O–H groups in total. The summed E-state index contributed by atoms with van der Waals surface area (Å²) in [6.45, 7) is 2.99. The summed E-state index contributed by atoms with van der Waals surface area (Å²) >= 11 is 0. The number of hydrogen-bond acceptors (Lipinski definition) is 6. The van der Waals surface area contributed by atoms with E-state index in [9.17, 15) is 14.4 Å². The molecule has 0 radical (unpaired) electrons. The molecular formula is C21H29N3O6. The number of carbonyl (C=O) groups excluding carboxylic acids is 3. The van der Waals surface area contributed by atoms with Crippen LogP contribution in [0.25, 0.3) is 0 Å². The number of nitrogens with one attached hydrogen (secondary N) is 2. The van der Waals surface area contributed by atoms with Crippen molar-refractivity contribution in [1.29, 1.82) is 0 Å². The Bertz CT molecular complexity index is 793. The monoisotopic (exact) mass is 419 g/mol. The molecule has 0 spiro atoms. The van der Waals surface area contributed by atoms with Gasteiger partial charge in [-0.15, -0.1) is 0 Å². The fraction of sp³-hybridized carbons (Fsp3) is 0.571. The van der Waals surface area contributed by atoms with E-state index in [0.29, 0.717) is 23.7 Å². The number of amides is 3.